The van der Waals surface area contributed by atoms with Gasteiger partial charge in [-0.25, -0.2) is 0 Å². The summed E-state index contributed by atoms with van der Waals surface area (Å²) in [5.41, 5.74) is -4.74. The van der Waals surface area contributed by atoms with Gasteiger partial charge in [-0.3, -0.25) is 9.00 Å². The average Bonchev–Trinajstić information content (AvgIpc) is 3.32. The van der Waals surface area contributed by atoms with Gasteiger partial charge in [-0.05, 0) is 103 Å². The highest BCUT2D eigenvalue weighted by atomic mass is 32.2. The standard InChI is InChI=1S/C36H62O11S/c1-9-42-20-34(38)23(4)46-31(35(39,21-43-10-2)30(34)41-7)47-27-15-17-32(5)24-14-18-33(6)28(37)16-19-36(33,45-22-44-11-3)25(24)12-13-26(32)29(27)48(8)40/h23-27,29-31,38-39H,9-22H2,1-8H3/t23-,24-,25+,26?,27-,29?,30+,31-,32+,33+,34-,35-,36-,48?/m0/s1. The molecule has 0 spiro atoms. The zero-order valence-electron chi connectivity index (χ0n) is 30.5. The lowest BCUT2D eigenvalue weighted by Gasteiger charge is -2.65. The third-order valence-corrected chi connectivity index (χ3v) is 14.9. The Kier molecular flexibility index (Phi) is 12.0. The lowest BCUT2D eigenvalue weighted by Crippen LogP contribution is -2.76. The Labute approximate surface area is 289 Å². The molecule has 1 heterocycles. The lowest BCUT2D eigenvalue weighted by molar-refractivity contribution is -0.385. The SMILES string of the molecule is CCOCO[C@]12CCC(=O)[C@@]1(C)CC[C@H]1[C@H]2CCC2C(S(C)=O)[C@@H](O[C@@H]3O[C@@H](C)[C@@](O)(COCC)[C@@H](OC)[C@@]3(O)COCC)CC[C@@]21C. The number of carbonyl (C=O) groups is 1. The molecule has 14 atom stereocenters. The molecule has 2 N–H and O–H groups in total. The van der Waals surface area contributed by atoms with E-state index >= 15 is 0 Å². The molecule has 3 unspecified atom stereocenters. The van der Waals surface area contributed by atoms with Gasteiger partial charge < -0.3 is 43.4 Å². The quantitative estimate of drug-likeness (QED) is 0.155. The van der Waals surface area contributed by atoms with E-state index in [4.69, 9.17) is 33.2 Å². The maximum atomic E-state index is 13.8. The van der Waals surface area contributed by atoms with Gasteiger partial charge in [0.15, 0.2) is 11.9 Å². The van der Waals surface area contributed by atoms with Crippen molar-refractivity contribution >= 4 is 16.6 Å². The second-order valence-electron chi connectivity index (χ2n) is 15.5. The van der Waals surface area contributed by atoms with Gasteiger partial charge in [0.2, 0.25) is 0 Å². The summed E-state index contributed by atoms with van der Waals surface area (Å²) in [5.74, 6) is 0.911. The van der Waals surface area contributed by atoms with Gasteiger partial charge in [-0.1, -0.05) is 6.92 Å². The Bertz CT molecular complexity index is 1160. The van der Waals surface area contributed by atoms with Gasteiger partial charge in [0.25, 0.3) is 0 Å². The van der Waals surface area contributed by atoms with E-state index in [1.165, 1.54) is 7.11 Å². The molecule has 11 nitrogen and oxygen atoms in total. The summed E-state index contributed by atoms with van der Waals surface area (Å²) < 4.78 is 56.5. The number of rotatable bonds is 14. The van der Waals surface area contributed by atoms with Crippen LogP contribution in [0.3, 0.4) is 0 Å². The number of hydrogen-bond acceptors (Lipinski definition) is 11. The van der Waals surface area contributed by atoms with Gasteiger partial charge in [-0.2, -0.15) is 0 Å². The zero-order chi connectivity index (χ0) is 35.1. The van der Waals surface area contributed by atoms with Crippen molar-refractivity contribution in [1.29, 1.82) is 0 Å². The largest absolute Gasteiger partial charge is 0.382 e. The summed E-state index contributed by atoms with van der Waals surface area (Å²) in [6.45, 7) is 13.0. The fraction of sp³-hybridized carbons (Fsp3) is 0.972. The molecule has 1 aliphatic heterocycles. The minimum atomic E-state index is -1.87. The first kappa shape index (κ1) is 38.7. The van der Waals surface area contributed by atoms with Crippen LogP contribution in [0.4, 0.5) is 0 Å². The normalized spacial score (nSPS) is 48.1. The van der Waals surface area contributed by atoms with E-state index in [9.17, 15) is 19.2 Å². The predicted octanol–water partition coefficient (Wildman–Crippen LogP) is 3.77. The average molecular weight is 703 g/mol. The van der Waals surface area contributed by atoms with E-state index in [0.717, 1.165) is 38.5 Å². The van der Waals surface area contributed by atoms with Crippen molar-refractivity contribution in [3.63, 3.8) is 0 Å². The van der Waals surface area contributed by atoms with Gasteiger partial charge in [0.1, 0.15) is 24.3 Å². The smallest absolute Gasteiger partial charge is 0.192 e. The van der Waals surface area contributed by atoms with Crippen LogP contribution in [0.2, 0.25) is 0 Å². The molecule has 5 aliphatic rings. The molecule has 4 aliphatic carbocycles. The van der Waals surface area contributed by atoms with E-state index in [-0.39, 0.29) is 42.5 Å². The molecule has 4 saturated carbocycles. The monoisotopic (exact) mass is 702 g/mol. The minimum absolute atomic E-state index is 0.0985. The summed E-state index contributed by atoms with van der Waals surface area (Å²) in [4.78, 5) is 13.4. The fourth-order valence-corrected chi connectivity index (χ4v) is 12.4. The third kappa shape index (κ3) is 6.09. The predicted molar refractivity (Wildman–Crippen MR) is 180 cm³/mol. The van der Waals surface area contributed by atoms with E-state index in [2.05, 4.69) is 13.8 Å². The first-order chi connectivity index (χ1) is 22.7. The number of ketones is 1. The van der Waals surface area contributed by atoms with Crippen LogP contribution in [0.25, 0.3) is 0 Å². The van der Waals surface area contributed by atoms with E-state index in [1.54, 1.807) is 13.2 Å². The number of aliphatic hydroxyl groups is 2. The summed E-state index contributed by atoms with van der Waals surface area (Å²) in [5, 5.41) is 23.8. The second-order valence-corrected chi connectivity index (χ2v) is 17.0. The molecule has 12 heteroatoms. The van der Waals surface area contributed by atoms with Crippen molar-refractivity contribution in [2.24, 2.45) is 28.6 Å². The second kappa shape index (κ2) is 14.8. The fourth-order valence-electron chi connectivity index (χ4n) is 10.9. The highest BCUT2D eigenvalue weighted by Gasteiger charge is 2.70. The van der Waals surface area contributed by atoms with Gasteiger partial charge >= 0.3 is 0 Å². The molecular weight excluding hydrogens is 640 g/mol. The van der Waals surface area contributed by atoms with Crippen LogP contribution < -0.4 is 0 Å². The zero-order valence-corrected chi connectivity index (χ0v) is 31.3. The van der Waals surface area contributed by atoms with Crippen molar-refractivity contribution < 1.29 is 52.4 Å². The highest BCUT2D eigenvalue weighted by Crippen LogP contribution is 2.68. The van der Waals surface area contributed by atoms with Crippen LogP contribution >= 0.6 is 0 Å². The molecule has 0 amide bonds. The molecule has 48 heavy (non-hydrogen) atoms. The number of ether oxygens (including phenoxy) is 7. The molecular formula is C36H62O11S. The molecule has 5 rings (SSSR count). The maximum Gasteiger partial charge on any atom is 0.192 e. The Hall–Kier alpha value is -0.540. The lowest BCUT2D eigenvalue weighted by atomic mass is 9.43. The number of fused-ring (bicyclic) bond motifs is 5. The number of Topliss-reactive ketones (excluding diaryl/α,β-unsaturated/α-hetero) is 1. The third-order valence-electron chi connectivity index (χ3n) is 13.5. The van der Waals surface area contributed by atoms with Crippen LogP contribution in [0, 0.1) is 28.6 Å². The van der Waals surface area contributed by atoms with Gasteiger partial charge in [-0.15, -0.1) is 0 Å². The van der Waals surface area contributed by atoms with Gasteiger partial charge in [0.05, 0.1) is 41.7 Å². The molecule has 0 radical (unpaired) electrons. The highest BCUT2D eigenvalue weighted by molar-refractivity contribution is 7.85. The number of methoxy groups -OCH3 is 1. The molecule has 0 aromatic carbocycles. The van der Waals surface area contributed by atoms with Crippen molar-refractivity contribution in [3.8, 4) is 0 Å². The Morgan fingerprint density at radius 2 is 1.52 bits per heavy atom. The Morgan fingerprint density at radius 3 is 2.15 bits per heavy atom. The van der Waals surface area contributed by atoms with Crippen LogP contribution in [0.5, 0.6) is 0 Å². The Balaban J connectivity index is 1.43. The van der Waals surface area contributed by atoms with Crippen LogP contribution in [0.15, 0.2) is 0 Å². The Morgan fingerprint density at radius 1 is 0.875 bits per heavy atom. The summed E-state index contributed by atoms with van der Waals surface area (Å²) in [7, 11) is 0.197. The van der Waals surface area contributed by atoms with Crippen LogP contribution in [-0.2, 0) is 48.8 Å². The maximum absolute atomic E-state index is 13.8. The first-order valence-corrected chi connectivity index (χ1v) is 19.9. The minimum Gasteiger partial charge on any atom is -0.382 e. The van der Waals surface area contributed by atoms with Crippen molar-refractivity contribution in [2.45, 2.75) is 140 Å². The molecule has 0 aromatic rings. The van der Waals surface area contributed by atoms with E-state index < -0.39 is 57.6 Å². The first-order valence-electron chi connectivity index (χ1n) is 18.2. The van der Waals surface area contributed by atoms with Crippen molar-refractivity contribution in [1.82, 2.24) is 0 Å². The van der Waals surface area contributed by atoms with Gasteiger partial charge in [0, 0.05) is 50.4 Å². The molecule has 0 aromatic heterocycles. The summed E-state index contributed by atoms with van der Waals surface area (Å²) in [6, 6.07) is 0. The summed E-state index contributed by atoms with van der Waals surface area (Å²) >= 11 is 0. The number of hydrogen-bond donors (Lipinski definition) is 2. The summed E-state index contributed by atoms with van der Waals surface area (Å²) in [6.07, 6.45) is 4.33. The topological polar surface area (TPSA) is 139 Å². The molecule has 278 valence electrons. The van der Waals surface area contributed by atoms with E-state index in [1.807, 2.05) is 20.8 Å². The molecule has 5 fully saturated rings. The van der Waals surface area contributed by atoms with Crippen molar-refractivity contribution in [3.05, 3.63) is 0 Å². The molecule has 1 saturated heterocycles. The van der Waals surface area contributed by atoms with Crippen LogP contribution in [-0.4, -0.2) is 120 Å². The van der Waals surface area contributed by atoms with E-state index in [0.29, 0.717) is 44.4 Å². The van der Waals surface area contributed by atoms with Crippen molar-refractivity contribution in [2.75, 3.05) is 53.2 Å². The molecule has 0 bridgehead atoms. The van der Waals surface area contributed by atoms with Crippen LogP contribution in [0.1, 0.15) is 92.9 Å². The number of carbonyl (C=O) groups excluding carboxylic acids is 1.